The Morgan fingerprint density at radius 3 is 3.00 bits per heavy atom. The average Bonchev–Trinajstić information content (AvgIpc) is 2.23. The standard InChI is InChI=1S/C13H13FO/c1-3-4-10-5-6-13-12(9(10)2)7-11(14)8-15-13/h5-6,11H,7-8H2,1-2H3. The van der Waals surface area contributed by atoms with Crippen LogP contribution in [0.3, 0.4) is 0 Å². The van der Waals surface area contributed by atoms with Gasteiger partial charge in [0.1, 0.15) is 18.5 Å². The maximum Gasteiger partial charge on any atom is 0.138 e. The number of hydrogen-bond acceptors (Lipinski definition) is 1. The van der Waals surface area contributed by atoms with Crippen molar-refractivity contribution in [2.45, 2.75) is 26.4 Å². The van der Waals surface area contributed by atoms with Gasteiger partial charge in [-0.05, 0) is 31.5 Å². The molecule has 1 heterocycles. The van der Waals surface area contributed by atoms with Gasteiger partial charge in [-0.3, -0.25) is 0 Å². The first kappa shape index (κ1) is 10.0. The molecule has 2 heteroatoms. The van der Waals surface area contributed by atoms with E-state index < -0.39 is 6.17 Å². The Labute approximate surface area is 89.3 Å². The molecule has 0 bridgehead atoms. The summed E-state index contributed by atoms with van der Waals surface area (Å²) in [7, 11) is 0. The van der Waals surface area contributed by atoms with E-state index in [0.29, 0.717) is 6.42 Å². The van der Waals surface area contributed by atoms with Gasteiger partial charge >= 0.3 is 0 Å². The van der Waals surface area contributed by atoms with Crippen molar-refractivity contribution in [2.75, 3.05) is 6.61 Å². The monoisotopic (exact) mass is 204 g/mol. The molecule has 1 atom stereocenters. The zero-order chi connectivity index (χ0) is 10.8. The fourth-order valence-electron chi connectivity index (χ4n) is 1.85. The van der Waals surface area contributed by atoms with E-state index in [4.69, 9.17) is 4.74 Å². The Bertz CT molecular complexity index is 440. The Morgan fingerprint density at radius 1 is 1.47 bits per heavy atom. The maximum absolute atomic E-state index is 13.2. The van der Waals surface area contributed by atoms with Gasteiger partial charge in [0.05, 0.1) is 0 Å². The Hall–Kier alpha value is -1.49. The Balaban J connectivity index is 2.49. The lowest BCUT2D eigenvalue weighted by Gasteiger charge is -2.22. The molecule has 1 unspecified atom stereocenters. The van der Waals surface area contributed by atoms with Crippen LogP contribution in [0.4, 0.5) is 4.39 Å². The van der Waals surface area contributed by atoms with Crippen molar-refractivity contribution in [2.24, 2.45) is 0 Å². The molecule has 1 aromatic carbocycles. The minimum absolute atomic E-state index is 0.172. The van der Waals surface area contributed by atoms with Crippen LogP contribution >= 0.6 is 0 Å². The van der Waals surface area contributed by atoms with Crippen LogP contribution < -0.4 is 4.74 Å². The second-order valence-corrected chi connectivity index (χ2v) is 3.70. The van der Waals surface area contributed by atoms with Crippen LogP contribution in [0, 0.1) is 18.8 Å². The molecule has 0 fully saturated rings. The predicted molar refractivity (Wildman–Crippen MR) is 57.8 cm³/mol. The van der Waals surface area contributed by atoms with Crippen LogP contribution in [0.2, 0.25) is 0 Å². The van der Waals surface area contributed by atoms with Gasteiger partial charge < -0.3 is 4.74 Å². The molecule has 0 aromatic heterocycles. The van der Waals surface area contributed by atoms with E-state index in [2.05, 4.69) is 11.8 Å². The normalized spacial score (nSPS) is 18.5. The van der Waals surface area contributed by atoms with Crippen LogP contribution in [0.5, 0.6) is 5.75 Å². The van der Waals surface area contributed by atoms with Crippen LogP contribution in [0.25, 0.3) is 0 Å². The van der Waals surface area contributed by atoms with E-state index >= 15 is 0 Å². The molecule has 0 saturated heterocycles. The van der Waals surface area contributed by atoms with Crippen molar-refractivity contribution in [1.82, 2.24) is 0 Å². The first-order valence-electron chi connectivity index (χ1n) is 5.04. The fraction of sp³-hybridized carbons (Fsp3) is 0.385. The molecule has 15 heavy (non-hydrogen) atoms. The molecule has 1 aromatic rings. The second-order valence-electron chi connectivity index (χ2n) is 3.70. The maximum atomic E-state index is 13.2. The number of benzene rings is 1. The topological polar surface area (TPSA) is 9.23 Å². The van der Waals surface area contributed by atoms with E-state index in [-0.39, 0.29) is 6.61 Å². The number of hydrogen-bond donors (Lipinski definition) is 0. The van der Waals surface area contributed by atoms with E-state index in [1.807, 2.05) is 19.1 Å². The summed E-state index contributed by atoms with van der Waals surface area (Å²) >= 11 is 0. The second kappa shape index (κ2) is 3.94. The highest BCUT2D eigenvalue weighted by molar-refractivity contribution is 5.51. The minimum atomic E-state index is -0.888. The molecule has 0 radical (unpaired) electrons. The van der Waals surface area contributed by atoms with Crippen LogP contribution in [0.15, 0.2) is 12.1 Å². The number of alkyl halides is 1. The predicted octanol–water partition coefficient (Wildman–Crippen LogP) is 2.64. The molecule has 1 nitrogen and oxygen atoms in total. The molecular weight excluding hydrogens is 191 g/mol. The largest absolute Gasteiger partial charge is 0.490 e. The molecule has 1 aliphatic rings. The summed E-state index contributed by atoms with van der Waals surface area (Å²) < 4.78 is 18.5. The third-order valence-corrected chi connectivity index (χ3v) is 2.66. The molecule has 0 amide bonds. The summed E-state index contributed by atoms with van der Waals surface area (Å²) in [6, 6.07) is 3.82. The molecular formula is C13H13FO. The van der Waals surface area contributed by atoms with Crippen molar-refractivity contribution in [1.29, 1.82) is 0 Å². The smallest absolute Gasteiger partial charge is 0.138 e. The van der Waals surface area contributed by atoms with E-state index in [9.17, 15) is 4.39 Å². The molecule has 78 valence electrons. The fourth-order valence-corrected chi connectivity index (χ4v) is 1.85. The van der Waals surface area contributed by atoms with Gasteiger partial charge in [-0.25, -0.2) is 4.39 Å². The summed E-state index contributed by atoms with van der Waals surface area (Å²) in [4.78, 5) is 0. The van der Waals surface area contributed by atoms with E-state index in [0.717, 1.165) is 22.4 Å². The lowest BCUT2D eigenvalue weighted by atomic mass is 9.96. The summed E-state index contributed by atoms with van der Waals surface area (Å²) in [5, 5.41) is 0. The summed E-state index contributed by atoms with van der Waals surface area (Å²) in [5.74, 6) is 6.68. The Kier molecular flexibility index (Phi) is 2.64. The zero-order valence-corrected chi connectivity index (χ0v) is 8.93. The average molecular weight is 204 g/mol. The van der Waals surface area contributed by atoms with Crippen molar-refractivity contribution in [3.63, 3.8) is 0 Å². The molecule has 0 N–H and O–H groups in total. The molecule has 0 saturated carbocycles. The number of rotatable bonds is 0. The van der Waals surface area contributed by atoms with E-state index in [1.54, 1.807) is 6.92 Å². The minimum Gasteiger partial charge on any atom is -0.490 e. The number of fused-ring (bicyclic) bond motifs is 1. The highest BCUT2D eigenvalue weighted by Gasteiger charge is 2.21. The van der Waals surface area contributed by atoms with Gasteiger partial charge in [0.15, 0.2) is 0 Å². The lowest BCUT2D eigenvalue weighted by Crippen LogP contribution is -2.22. The Morgan fingerprint density at radius 2 is 2.27 bits per heavy atom. The first-order valence-corrected chi connectivity index (χ1v) is 5.04. The molecule has 0 spiro atoms. The summed E-state index contributed by atoms with van der Waals surface area (Å²) in [6.45, 7) is 3.94. The van der Waals surface area contributed by atoms with Crippen molar-refractivity contribution in [3.8, 4) is 17.6 Å². The van der Waals surface area contributed by atoms with E-state index in [1.165, 1.54) is 0 Å². The summed E-state index contributed by atoms with van der Waals surface area (Å²) in [5.41, 5.74) is 2.98. The van der Waals surface area contributed by atoms with Gasteiger partial charge in [-0.1, -0.05) is 5.92 Å². The van der Waals surface area contributed by atoms with Gasteiger partial charge in [0.2, 0.25) is 0 Å². The molecule has 1 aliphatic heterocycles. The summed E-state index contributed by atoms with van der Waals surface area (Å²) in [6.07, 6.45) is -0.443. The lowest BCUT2D eigenvalue weighted by molar-refractivity contribution is 0.173. The number of halogens is 1. The van der Waals surface area contributed by atoms with Crippen LogP contribution in [-0.4, -0.2) is 12.8 Å². The van der Waals surface area contributed by atoms with Gasteiger partial charge in [-0.2, -0.15) is 0 Å². The van der Waals surface area contributed by atoms with Crippen LogP contribution in [-0.2, 0) is 6.42 Å². The van der Waals surface area contributed by atoms with Crippen LogP contribution in [0.1, 0.15) is 23.6 Å². The SMILES string of the molecule is CC#Cc1ccc2c(c1C)CC(F)CO2. The van der Waals surface area contributed by atoms with Crippen molar-refractivity contribution in [3.05, 3.63) is 28.8 Å². The van der Waals surface area contributed by atoms with Gasteiger partial charge in [-0.15, -0.1) is 5.92 Å². The van der Waals surface area contributed by atoms with Crippen molar-refractivity contribution < 1.29 is 9.13 Å². The molecule has 0 aliphatic carbocycles. The third kappa shape index (κ3) is 1.83. The van der Waals surface area contributed by atoms with Gasteiger partial charge in [0, 0.05) is 17.5 Å². The zero-order valence-electron chi connectivity index (χ0n) is 8.93. The quantitative estimate of drug-likeness (QED) is 0.590. The molecule has 2 rings (SSSR count). The highest BCUT2D eigenvalue weighted by Crippen LogP contribution is 2.30. The first-order chi connectivity index (χ1) is 7.22. The van der Waals surface area contributed by atoms with Crippen molar-refractivity contribution >= 4 is 0 Å². The highest BCUT2D eigenvalue weighted by atomic mass is 19.1. The third-order valence-electron chi connectivity index (χ3n) is 2.66. The van der Waals surface area contributed by atoms with Gasteiger partial charge in [0.25, 0.3) is 0 Å². The number of ether oxygens (including phenoxy) is 1.